The monoisotopic (exact) mass is 373 g/mol. The molecular formula is C21H27NO5. The topological polar surface area (TPSA) is 72.1 Å². The highest BCUT2D eigenvalue weighted by molar-refractivity contribution is 5.83. The quantitative estimate of drug-likeness (QED) is 0.810. The smallest absolute Gasteiger partial charge is 0.339 e. The van der Waals surface area contributed by atoms with E-state index in [1.807, 2.05) is 26.0 Å². The van der Waals surface area contributed by atoms with Gasteiger partial charge in [0.25, 0.3) is 0 Å². The average molecular weight is 373 g/mol. The Kier molecular flexibility index (Phi) is 5.21. The molecule has 1 saturated heterocycles. The molecule has 1 aromatic carbocycles. The summed E-state index contributed by atoms with van der Waals surface area (Å²) in [6, 6.07) is 5.59. The Morgan fingerprint density at radius 3 is 2.74 bits per heavy atom. The SMILES string of the molecule is C[C@@H]1CN(C[C@H](O)COc2ccc3c4c(c(=O)oc3c2)CCC4)C[C@@H](C)O1. The molecule has 1 aromatic heterocycles. The first-order valence-corrected chi connectivity index (χ1v) is 9.77. The lowest BCUT2D eigenvalue weighted by Gasteiger charge is -2.36. The molecular weight excluding hydrogens is 346 g/mol. The number of aliphatic hydroxyl groups is 1. The minimum atomic E-state index is -0.592. The third-order valence-electron chi connectivity index (χ3n) is 5.35. The molecule has 1 N–H and O–H groups in total. The summed E-state index contributed by atoms with van der Waals surface area (Å²) < 4.78 is 17.0. The van der Waals surface area contributed by atoms with Crippen LogP contribution in [0, 0.1) is 0 Å². The summed E-state index contributed by atoms with van der Waals surface area (Å²) in [5.74, 6) is 0.603. The van der Waals surface area contributed by atoms with E-state index < -0.39 is 6.10 Å². The van der Waals surface area contributed by atoms with Crippen molar-refractivity contribution in [3.63, 3.8) is 0 Å². The van der Waals surface area contributed by atoms with Gasteiger partial charge in [0.1, 0.15) is 24.0 Å². The van der Waals surface area contributed by atoms with Gasteiger partial charge in [0.15, 0.2) is 0 Å². The van der Waals surface area contributed by atoms with Crippen LogP contribution in [0.25, 0.3) is 11.0 Å². The average Bonchev–Trinajstić information content (AvgIpc) is 3.09. The minimum absolute atomic E-state index is 0.173. The van der Waals surface area contributed by atoms with Gasteiger partial charge in [-0.15, -0.1) is 0 Å². The maximum atomic E-state index is 12.1. The van der Waals surface area contributed by atoms with Crippen LogP contribution in [-0.4, -0.2) is 54.6 Å². The van der Waals surface area contributed by atoms with Gasteiger partial charge >= 0.3 is 5.63 Å². The highest BCUT2D eigenvalue weighted by Crippen LogP contribution is 2.29. The molecule has 2 heterocycles. The van der Waals surface area contributed by atoms with E-state index in [-0.39, 0.29) is 24.4 Å². The third kappa shape index (κ3) is 4.03. The van der Waals surface area contributed by atoms with Crippen molar-refractivity contribution in [3.8, 4) is 5.75 Å². The molecule has 2 aromatic rings. The van der Waals surface area contributed by atoms with E-state index in [1.54, 1.807) is 6.07 Å². The van der Waals surface area contributed by atoms with Crippen LogP contribution in [-0.2, 0) is 17.6 Å². The van der Waals surface area contributed by atoms with Gasteiger partial charge in [-0.25, -0.2) is 4.79 Å². The first-order valence-electron chi connectivity index (χ1n) is 9.77. The second-order valence-electron chi connectivity index (χ2n) is 7.80. The number of hydrogen-bond donors (Lipinski definition) is 1. The molecule has 0 radical (unpaired) electrons. The third-order valence-corrected chi connectivity index (χ3v) is 5.35. The molecule has 6 heteroatoms. The molecule has 0 bridgehead atoms. The maximum Gasteiger partial charge on any atom is 0.339 e. The van der Waals surface area contributed by atoms with Gasteiger partial charge in [-0.1, -0.05) is 0 Å². The first kappa shape index (κ1) is 18.5. The second kappa shape index (κ2) is 7.62. The maximum absolute atomic E-state index is 12.1. The molecule has 1 aliphatic carbocycles. The van der Waals surface area contributed by atoms with Crippen LogP contribution in [0.3, 0.4) is 0 Å². The lowest BCUT2D eigenvalue weighted by atomic mass is 10.1. The van der Waals surface area contributed by atoms with Gasteiger partial charge in [0.2, 0.25) is 0 Å². The zero-order valence-corrected chi connectivity index (χ0v) is 15.9. The van der Waals surface area contributed by atoms with Gasteiger partial charge in [0, 0.05) is 36.7 Å². The van der Waals surface area contributed by atoms with Gasteiger partial charge in [0.05, 0.1) is 12.2 Å². The number of aryl methyl sites for hydroxylation is 1. The predicted molar refractivity (Wildman–Crippen MR) is 102 cm³/mol. The standard InChI is InChI=1S/C21H27NO5/c1-13-9-22(10-14(2)26-13)11-15(23)12-25-16-6-7-18-17-4-3-5-19(17)21(24)27-20(18)8-16/h6-8,13-15,23H,3-5,9-12H2,1-2H3/t13-,14-,15+/m1/s1. The normalized spacial score (nSPS) is 24.1. The molecule has 6 nitrogen and oxygen atoms in total. The lowest BCUT2D eigenvalue weighted by molar-refractivity contribution is -0.0786. The minimum Gasteiger partial charge on any atom is -0.491 e. The van der Waals surface area contributed by atoms with Gasteiger partial charge in [-0.3, -0.25) is 4.90 Å². The number of benzene rings is 1. The summed E-state index contributed by atoms with van der Waals surface area (Å²) in [5.41, 5.74) is 2.26. The zero-order chi connectivity index (χ0) is 19.0. The van der Waals surface area contributed by atoms with Gasteiger partial charge < -0.3 is 19.0 Å². The van der Waals surface area contributed by atoms with Crippen molar-refractivity contribution in [1.29, 1.82) is 0 Å². The summed E-state index contributed by atoms with van der Waals surface area (Å²) in [4.78, 5) is 14.3. The molecule has 0 amide bonds. The van der Waals surface area contributed by atoms with Crippen LogP contribution in [0.1, 0.15) is 31.4 Å². The van der Waals surface area contributed by atoms with E-state index in [9.17, 15) is 9.90 Å². The molecule has 27 heavy (non-hydrogen) atoms. The van der Waals surface area contributed by atoms with Gasteiger partial charge in [-0.05, 0) is 50.8 Å². The summed E-state index contributed by atoms with van der Waals surface area (Å²) >= 11 is 0. The first-order chi connectivity index (χ1) is 13.0. The van der Waals surface area contributed by atoms with Crippen molar-refractivity contribution in [2.24, 2.45) is 0 Å². The highest BCUT2D eigenvalue weighted by Gasteiger charge is 2.24. The van der Waals surface area contributed by atoms with Crippen molar-refractivity contribution < 1.29 is 19.0 Å². The molecule has 1 aliphatic heterocycles. The highest BCUT2D eigenvalue weighted by atomic mass is 16.5. The van der Waals surface area contributed by atoms with Crippen molar-refractivity contribution in [2.45, 2.75) is 51.4 Å². The van der Waals surface area contributed by atoms with Crippen LogP contribution in [0.4, 0.5) is 0 Å². The van der Waals surface area contributed by atoms with E-state index in [4.69, 9.17) is 13.9 Å². The Bertz CT molecular complexity index is 867. The molecule has 4 rings (SSSR count). The fourth-order valence-electron chi connectivity index (χ4n) is 4.33. The Labute approximate surface area is 158 Å². The Balaban J connectivity index is 1.40. The fraction of sp³-hybridized carbons (Fsp3) is 0.571. The second-order valence-corrected chi connectivity index (χ2v) is 7.80. The van der Waals surface area contributed by atoms with E-state index in [1.165, 1.54) is 0 Å². The van der Waals surface area contributed by atoms with E-state index in [0.717, 1.165) is 48.9 Å². The van der Waals surface area contributed by atoms with Crippen molar-refractivity contribution in [1.82, 2.24) is 4.90 Å². The molecule has 1 fully saturated rings. The molecule has 0 saturated carbocycles. The number of nitrogens with zero attached hydrogens (tertiary/aromatic N) is 1. The van der Waals surface area contributed by atoms with Crippen LogP contribution < -0.4 is 10.4 Å². The fourth-order valence-corrected chi connectivity index (χ4v) is 4.33. The van der Waals surface area contributed by atoms with Crippen molar-refractivity contribution in [3.05, 3.63) is 39.7 Å². The van der Waals surface area contributed by atoms with Gasteiger partial charge in [-0.2, -0.15) is 0 Å². The van der Waals surface area contributed by atoms with Crippen LogP contribution in [0.5, 0.6) is 5.75 Å². The number of aliphatic hydroxyl groups excluding tert-OH is 1. The van der Waals surface area contributed by atoms with Crippen LogP contribution >= 0.6 is 0 Å². The van der Waals surface area contributed by atoms with Crippen LogP contribution in [0.2, 0.25) is 0 Å². The Hall–Kier alpha value is -1.89. The molecule has 2 aliphatic rings. The number of hydrogen-bond acceptors (Lipinski definition) is 6. The van der Waals surface area contributed by atoms with E-state index in [2.05, 4.69) is 4.90 Å². The molecule has 3 atom stereocenters. The number of β-amino-alcohol motifs (C(OH)–C–C–N with tert-alkyl or cyclic N) is 1. The summed E-state index contributed by atoms with van der Waals surface area (Å²) in [6.45, 7) is 6.46. The van der Waals surface area contributed by atoms with Crippen molar-refractivity contribution >= 4 is 11.0 Å². The molecule has 0 unspecified atom stereocenters. The summed E-state index contributed by atoms with van der Waals surface area (Å²) in [7, 11) is 0. The number of ether oxygens (including phenoxy) is 2. The van der Waals surface area contributed by atoms with E-state index >= 15 is 0 Å². The number of morpholine rings is 1. The number of fused-ring (bicyclic) bond motifs is 3. The summed E-state index contributed by atoms with van der Waals surface area (Å²) in [6.07, 6.45) is 2.48. The summed E-state index contributed by atoms with van der Waals surface area (Å²) in [5, 5.41) is 11.3. The Morgan fingerprint density at radius 2 is 1.96 bits per heavy atom. The molecule has 146 valence electrons. The van der Waals surface area contributed by atoms with Crippen LogP contribution in [0.15, 0.2) is 27.4 Å². The molecule has 0 spiro atoms. The largest absolute Gasteiger partial charge is 0.491 e. The number of rotatable bonds is 5. The Morgan fingerprint density at radius 1 is 1.22 bits per heavy atom. The zero-order valence-electron chi connectivity index (χ0n) is 15.9. The predicted octanol–water partition coefficient (Wildman–Crippen LogP) is 2.13. The lowest BCUT2D eigenvalue weighted by Crippen LogP contribution is -2.48. The van der Waals surface area contributed by atoms with E-state index in [0.29, 0.717) is 17.9 Å². The van der Waals surface area contributed by atoms with Crippen molar-refractivity contribution in [2.75, 3.05) is 26.2 Å².